The molecule has 2 fully saturated rings. The van der Waals surface area contributed by atoms with Gasteiger partial charge in [-0.25, -0.2) is 9.97 Å². The second-order valence-corrected chi connectivity index (χ2v) is 6.65. The minimum atomic E-state index is 0.558. The van der Waals surface area contributed by atoms with E-state index in [0.717, 1.165) is 36.2 Å². The highest BCUT2D eigenvalue weighted by atomic mass is 35.5. The topological polar surface area (TPSA) is 29.0 Å². The largest absolute Gasteiger partial charge is 0.356 e. The van der Waals surface area contributed by atoms with Gasteiger partial charge in [-0.1, -0.05) is 24.9 Å². The molecule has 1 aromatic heterocycles. The van der Waals surface area contributed by atoms with Crippen molar-refractivity contribution in [3.05, 3.63) is 16.5 Å². The number of halogens is 1. The molecule has 1 aromatic rings. The molecule has 1 saturated carbocycles. The molecule has 0 radical (unpaired) electrons. The molecule has 1 saturated heterocycles. The molecule has 20 heavy (non-hydrogen) atoms. The first kappa shape index (κ1) is 14.1. The highest BCUT2D eigenvalue weighted by Crippen LogP contribution is 2.40. The summed E-state index contributed by atoms with van der Waals surface area (Å²) in [6.07, 6.45) is 7.62. The number of hydrogen-bond donors (Lipinski definition) is 0. The molecule has 1 aliphatic heterocycles. The van der Waals surface area contributed by atoms with Gasteiger partial charge in [-0.2, -0.15) is 0 Å². The van der Waals surface area contributed by atoms with Gasteiger partial charge in [-0.15, -0.1) is 0 Å². The number of hydrogen-bond acceptors (Lipinski definition) is 3. The molecule has 1 aliphatic carbocycles. The fourth-order valence-corrected chi connectivity index (χ4v) is 3.28. The first-order valence-corrected chi connectivity index (χ1v) is 8.35. The van der Waals surface area contributed by atoms with E-state index in [2.05, 4.69) is 23.7 Å². The molecule has 2 aliphatic rings. The standard InChI is InChI=1S/C16H24ClN3/c1-3-12-5-4-9-20(10-8-12)16-11(2)14(17)18-15(19-16)13-6-7-13/h12-13H,3-10H2,1-2H3. The highest BCUT2D eigenvalue weighted by molar-refractivity contribution is 6.30. The molecule has 1 unspecified atom stereocenters. The molecule has 110 valence electrons. The number of aromatic nitrogens is 2. The Hall–Kier alpha value is -0.830. The average molecular weight is 294 g/mol. The molecular weight excluding hydrogens is 270 g/mol. The molecule has 0 spiro atoms. The minimum Gasteiger partial charge on any atom is -0.356 e. The zero-order valence-corrected chi connectivity index (χ0v) is 13.3. The highest BCUT2D eigenvalue weighted by Gasteiger charge is 2.29. The molecule has 0 bridgehead atoms. The van der Waals surface area contributed by atoms with E-state index < -0.39 is 0 Å². The zero-order chi connectivity index (χ0) is 14.1. The van der Waals surface area contributed by atoms with Gasteiger partial charge in [0.05, 0.1) is 0 Å². The molecule has 4 heteroatoms. The first-order chi connectivity index (χ1) is 9.69. The lowest BCUT2D eigenvalue weighted by Gasteiger charge is -2.24. The summed E-state index contributed by atoms with van der Waals surface area (Å²) < 4.78 is 0. The number of rotatable bonds is 3. The summed E-state index contributed by atoms with van der Waals surface area (Å²) in [6.45, 7) is 6.57. The van der Waals surface area contributed by atoms with Crippen LogP contribution in [0, 0.1) is 12.8 Å². The van der Waals surface area contributed by atoms with Crippen LogP contribution < -0.4 is 4.90 Å². The quantitative estimate of drug-likeness (QED) is 0.777. The van der Waals surface area contributed by atoms with Crippen LogP contribution in [0.25, 0.3) is 0 Å². The predicted octanol–water partition coefficient (Wildman–Crippen LogP) is 4.33. The Bertz CT molecular complexity index is 485. The summed E-state index contributed by atoms with van der Waals surface area (Å²) in [5, 5.41) is 0.646. The van der Waals surface area contributed by atoms with Crippen LogP contribution in [0.4, 0.5) is 5.82 Å². The van der Waals surface area contributed by atoms with Crippen LogP contribution in [-0.2, 0) is 0 Å². The Morgan fingerprint density at radius 2 is 1.95 bits per heavy atom. The van der Waals surface area contributed by atoms with Gasteiger partial charge in [0, 0.05) is 24.6 Å². The van der Waals surface area contributed by atoms with Crippen LogP contribution >= 0.6 is 11.6 Å². The Balaban J connectivity index is 1.84. The Morgan fingerprint density at radius 3 is 2.65 bits per heavy atom. The van der Waals surface area contributed by atoms with Gasteiger partial charge in [0.25, 0.3) is 0 Å². The predicted molar refractivity (Wildman–Crippen MR) is 83.6 cm³/mol. The maximum atomic E-state index is 6.33. The molecule has 3 nitrogen and oxygen atoms in total. The summed E-state index contributed by atoms with van der Waals surface area (Å²) in [5.41, 5.74) is 1.05. The summed E-state index contributed by atoms with van der Waals surface area (Å²) in [7, 11) is 0. The number of anilines is 1. The summed E-state index contributed by atoms with van der Waals surface area (Å²) in [5.74, 6) is 3.48. The van der Waals surface area contributed by atoms with E-state index >= 15 is 0 Å². The van der Waals surface area contributed by atoms with Gasteiger partial charge in [-0.3, -0.25) is 0 Å². The van der Waals surface area contributed by atoms with E-state index in [1.807, 2.05) is 0 Å². The van der Waals surface area contributed by atoms with Crippen LogP contribution in [0.5, 0.6) is 0 Å². The lowest BCUT2D eigenvalue weighted by atomic mass is 9.98. The third-order valence-corrected chi connectivity index (χ3v) is 5.11. The third kappa shape index (κ3) is 2.93. The normalized spacial score (nSPS) is 23.8. The maximum absolute atomic E-state index is 6.33. The van der Waals surface area contributed by atoms with Crippen LogP contribution in [-0.4, -0.2) is 23.1 Å². The van der Waals surface area contributed by atoms with Crippen molar-refractivity contribution in [1.29, 1.82) is 0 Å². The maximum Gasteiger partial charge on any atom is 0.137 e. The smallest absolute Gasteiger partial charge is 0.137 e. The van der Waals surface area contributed by atoms with Crippen LogP contribution in [0.15, 0.2) is 0 Å². The summed E-state index contributed by atoms with van der Waals surface area (Å²) in [4.78, 5) is 11.7. The van der Waals surface area contributed by atoms with Gasteiger partial charge in [-0.05, 0) is 44.9 Å². The Kier molecular flexibility index (Phi) is 4.16. The van der Waals surface area contributed by atoms with Crippen molar-refractivity contribution in [2.24, 2.45) is 5.92 Å². The van der Waals surface area contributed by atoms with Gasteiger partial charge in [0.1, 0.15) is 16.8 Å². The van der Waals surface area contributed by atoms with Crippen molar-refractivity contribution < 1.29 is 0 Å². The lowest BCUT2D eigenvalue weighted by Crippen LogP contribution is -2.26. The second-order valence-electron chi connectivity index (χ2n) is 6.29. The monoisotopic (exact) mass is 293 g/mol. The van der Waals surface area contributed by atoms with Gasteiger partial charge in [0.15, 0.2) is 0 Å². The Labute approximate surface area is 126 Å². The van der Waals surface area contributed by atoms with Crippen molar-refractivity contribution in [3.63, 3.8) is 0 Å². The second kappa shape index (κ2) is 5.88. The molecule has 2 heterocycles. The fraction of sp³-hybridized carbons (Fsp3) is 0.750. The van der Waals surface area contributed by atoms with E-state index in [-0.39, 0.29) is 0 Å². The SMILES string of the molecule is CCC1CCCN(c2nc(C3CC3)nc(Cl)c2C)CC1. The van der Waals surface area contributed by atoms with E-state index in [1.165, 1.54) is 38.5 Å². The van der Waals surface area contributed by atoms with E-state index in [1.54, 1.807) is 0 Å². The van der Waals surface area contributed by atoms with Gasteiger partial charge >= 0.3 is 0 Å². The minimum absolute atomic E-state index is 0.558. The molecule has 1 atom stereocenters. The van der Waals surface area contributed by atoms with Crippen molar-refractivity contribution in [1.82, 2.24) is 9.97 Å². The van der Waals surface area contributed by atoms with E-state index in [0.29, 0.717) is 11.1 Å². The van der Waals surface area contributed by atoms with Crippen LogP contribution in [0.2, 0.25) is 5.15 Å². The molecule has 3 rings (SSSR count). The first-order valence-electron chi connectivity index (χ1n) is 7.98. The van der Waals surface area contributed by atoms with E-state index in [4.69, 9.17) is 16.6 Å². The van der Waals surface area contributed by atoms with Crippen molar-refractivity contribution in [3.8, 4) is 0 Å². The van der Waals surface area contributed by atoms with Crippen LogP contribution in [0.1, 0.15) is 62.8 Å². The van der Waals surface area contributed by atoms with Crippen molar-refractivity contribution >= 4 is 17.4 Å². The molecule has 0 N–H and O–H groups in total. The van der Waals surface area contributed by atoms with Crippen LogP contribution in [0.3, 0.4) is 0 Å². The number of nitrogens with zero attached hydrogens (tertiary/aromatic N) is 3. The molecule has 0 aromatic carbocycles. The van der Waals surface area contributed by atoms with Crippen molar-refractivity contribution in [2.45, 2.75) is 58.3 Å². The average Bonchev–Trinajstić information content (AvgIpc) is 3.27. The fourth-order valence-electron chi connectivity index (χ4n) is 3.11. The van der Waals surface area contributed by atoms with Gasteiger partial charge in [0.2, 0.25) is 0 Å². The summed E-state index contributed by atoms with van der Waals surface area (Å²) >= 11 is 6.33. The Morgan fingerprint density at radius 1 is 1.15 bits per heavy atom. The van der Waals surface area contributed by atoms with Crippen molar-refractivity contribution in [2.75, 3.05) is 18.0 Å². The third-order valence-electron chi connectivity index (χ3n) is 4.75. The zero-order valence-electron chi connectivity index (χ0n) is 12.5. The molecule has 0 amide bonds. The molecular formula is C16H24ClN3. The lowest BCUT2D eigenvalue weighted by molar-refractivity contribution is 0.459. The van der Waals surface area contributed by atoms with Gasteiger partial charge < -0.3 is 4.90 Å². The van der Waals surface area contributed by atoms with E-state index in [9.17, 15) is 0 Å². The summed E-state index contributed by atoms with van der Waals surface area (Å²) in [6, 6.07) is 0.